The summed E-state index contributed by atoms with van der Waals surface area (Å²) in [6, 6.07) is 2.95. The number of carbonyl (C=O) groups is 1. The maximum atomic E-state index is 13.3. The van der Waals surface area contributed by atoms with E-state index in [1.165, 1.54) is 4.90 Å². The Labute approximate surface area is 120 Å². The lowest BCUT2D eigenvalue weighted by atomic mass is 9.91. The summed E-state index contributed by atoms with van der Waals surface area (Å²) in [5, 5.41) is 11.0. The van der Waals surface area contributed by atoms with Crippen LogP contribution in [0.2, 0.25) is 0 Å². The van der Waals surface area contributed by atoms with E-state index >= 15 is 0 Å². The first kappa shape index (κ1) is 14.7. The van der Waals surface area contributed by atoms with Crippen LogP contribution in [0.3, 0.4) is 0 Å². The van der Waals surface area contributed by atoms with Crippen molar-refractivity contribution < 1.29 is 14.1 Å². The van der Waals surface area contributed by atoms with E-state index in [0.717, 1.165) is 37.5 Å². The van der Waals surface area contributed by atoms with Gasteiger partial charge >= 0.3 is 0 Å². The lowest BCUT2D eigenvalue weighted by Gasteiger charge is -2.37. The Morgan fingerprint density at radius 1 is 1.50 bits per heavy atom. The van der Waals surface area contributed by atoms with Crippen molar-refractivity contribution in [2.45, 2.75) is 25.3 Å². The molecule has 0 aliphatic heterocycles. The third kappa shape index (κ3) is 2.90. The molecule has 1 aromatic rings. The fourth-order valence-corrected chi connectivity index (χ4v) is 2.41. The molecule has 1 aromatic carbocycles. The van der Waals surface area contributed by atoms with Gasteiger partial charge < -0.3 is 4.90 Å². The van der Waals surface area contributed by atoms with Gasteiger partial charge in [-0.2, -0.15) is 0 Å². The van der Waals surface area contributed by atoms with E-state index in [1.54, 1.807) is 0 Å². The highest BCUT2D eigenvalue weighted by Crippen LogP contribution is 2.28. The third-order valence-electron chi connectivity index (χ3n) is 3.49. The Bertz CT molecular complexity index is 534. The Balaban J connectivity index is 2.34. The molecule has 1 aliphatic rings. The first-order valence-corrected chi connectivity index (χ1v) is 6.89. The van der Waals surface area contributed by atoms with Gasteiger partial charge in [0.05, 0.1) is 4.92 Å². The molecule has 0 unspecified atom stereocenters. The van der Waals surface area contributed by atoms with Gasteiger partial charge in [-0.05, 0) is 31.4 Å². The number of carbonyl (C=O) groups excluding carboxylic acids is 1. The maximum absolute atomic E-state index is 13.3. The van der Waals surface area contributed by atoms with Crippen LogP contribution in [0.15, 0.2) is 18.2 Å². The summed E-state index contributed by atoms with van der Waals surface area (Å²) < 4.78 is 13.3. The zero-order valence-corrected chi connectivity index (χ0v) is 11.5. The summed E-state index contributed by atoms with van der Waals surface area (Å²) >= 11 is 5.68. The van der Waals surface area contributed by atoms with Crippen molar-refractivity contribution in [2.24, 2.45) is 0 Å². The van der Waals surface area contributed by atoms with Gasteiger partial charge in [0.25, 0.3) is 11.6 Å². The second-order valence-electron chi connectivity index (χ2n) is 4.69. The molecule has 1 fully saturated rings. The number of nitrogens with zero attached hydrogens (tertiary/aromatic N) is 2. The number of rotatable bonds is 5. The monoisotopic (exact) mass is 300 g/mol. The molecule has 0 radical (unpaired) electrons. The van der Waals surface area contributed by atoms with E-state index in [2.05, 4.69) is 0 Å². The molecule has 1 amide bonds. The van der Waals surface area contributed by atoms with Crippen molar-refractivity contribution >= 4 is 23.2 Å². The van der Waals surface area contributed by atoms with Gasteiger partial charge in [0.1, 0.15) is 11.4 Å². The number of benzene rings is 1. The van der Waals surface area contributed by atoms with E-state index in [0.29, 0.717) is 6.54 Å². The molecule has 0 bridgehead atoms. The highest BCUT2D eigenvalue weighted by Gasteiger charge is 2.32. The molecule has 2 rings (SSSR count). The predicted molar refractivity (Wildman–Crippen MR) is 72.4 cm³/mol. The molecule has 0 aromatic heterocycles. The normalized spacial score (nSPS) is 14.7. The van der Waals surface area contributed by atoms with Crippen molar-refractivity contribution in [1.29, 1.82) is 0 Å². The Morgan fingerprint density at radius 2 is 2.20 bits per heavy atom. The molecule has 1 aliphatic carbocycles. The number of nitro groups is 1. The minimum absolute atomic E-state index is 0.0455. The van der Waals surface area contributed by atoms with Crippen molar-refractivity contribution in [3.8, 4) is 0 Å². The van der Waals surface area contributed by atoms with Crippen LogP contribution in [-0.2, 0) is 0 Å². The summed E-state index contributed by atoms with van der Waals surface area (Å²) in [4.78, 5) is 24.2. The number of nitro benzene ring substituents is 1. The van der Waals surface area contributed by atoms with Crippen molar-refractivity contribution in [1.82, 2.24) is 4.90 Å². The number of amides is 1. The standard InChI is InChI=1S/C13H14ClFN2O3/c14-6-7-16(10-2-1-3-10)13(18)11-8-9(15)4-5-12(11)17(19)20/h4-5,8,10H,1-3,6-7H2. The van der Waals surface area contributed by atoms with Crippen LogP contribution in [0.1, 0.15) is 29.6 Å². The SMILES string of the molecule is O=C(c1cc(F)ccc1[N+](=O)[O-])N(CCCl)C1CCC1. The third-order valence-corrected chi connectivity index (χ3v) is 3.66. The van der Waals surface area contributed by atoms with E-state index in [-0.39, 0.29) is 23.2 Å². The molecule has 7 heteroatoms. The number of halogens is 2. The molecular formula is C13H14ClFN2O3. The zero-order chi connectivity index (χ0) is 14.7. The molecule has 0 saturated heterocycles. The Kier molecular flexibility index (Phi) is 4.54. The lowest BCUT2D eigenvalue weighted by molar-refractivity contribution is -0.385. The van der Waals surface area contributed by atoms with Crippen LogP contribution in [0.5, 0.6) is 0 Å². The van der Waals surface area contributed by atoms with Crippen molar-refractivity contribution in [3.05, 3.63) is 39.7 Å². The number of hydrogen-bond acceptors (Lipinski definition) is 3. The molecular weight excluding hydrogens is 287 g/mol. The van der Waals surface area contributed by atoms with Crippen molar-refractivity contribution in [3.63, 3.8) is 0 Å². The largest absolute Gasteiger partial charge is 0.334 e. The van der Waals surface area contributed by atoms with Gasteiger partial charge in [-0.25, -0.2) is 4.39 Å². The molecule has 0 N–H and O–H groups in total. The predicted octanol–water partition coefficient (Wildman–Crippen LogP) is 2.97. The topological polar surface area (TPSA) is 63.4 Å². The Hall–Kier alpha value is -1.69. The quantitative estimate of drug-likeness (QED) is 0.477. The Morgan fingerprint density at radius 3 is 2.70 bits per heavy atom. The molecule has 0 spiro atoms. The summed E-state index contributed by atoms with van der Waals surface area (Å²) in [6.07, 6.45) is 2.72. The van der Waals surface area contributed by atoms with E-state index in [9.17, 15) is 19.3 Å². The van der Waals surface area contributed by atoms with Gasteiger partial charge in [0, 0.05) is 24.5 Å². The first-order valence-electron chi connectivity index (χ1n) is 6.35. The molecule has 0 heterocycles. The van der Waals surface area contributed by atoms with E-state index in [4.69, 9.17) is 11.6 Å². The zero-order valence-electron chi connectivity index (χ0n) is 10.7. The van der Waals surface area contributed by atoms with Crippen LogP contribution in [0.25, 0.3) is 0 Å². The smallest absolute Gasteiger partial charge is 0.282 e. The van der Waals surface area contributed by atoms with E-state index in [1.807, 2.05) is 0 Å². The van der Waals surface area contributed by atoms with Gasteiger partial charge in [0.15, 0.2) is 0 Å². The fourth-order valence-electron chi connectivity index (χ4n) is 2.23. The molecule has 5 nitrogen and oxygen atoms in total. The molecule has 20 heavy (non-hydrogen) atoms. The minimum Gasteiger partial charge on any atom is -0.334 e. The van der Waals surface area contributed by atoms with Crippen LogP contribution < -0.4 is 0 Å². The molecule has 108 valence electrons. The van der Waals surface area contributed by atoms with Gasteiger partial charge in [-0.1, -0.05) is 0 Å². The second-order valence-corrected chi connectivity index (χ2v) is 5.07. The summed E-state index contributed by atoms with van der Waals surface area (Å²) in [6.45, 7) is 0.304. The highest BCUT2D eigenvalue weighted by molar-refractivity contribution is 6.18. The average Bonchev–Trinajstić information content (AvgIpc) is 2.34. The summed E-state index contributed by atoms with van der Waals surface area (Å²) in [5.74, 6) is -0.953. The van der Waals surface area contributed by atoms with Gasteiger partial charge in [-0.15, -0.1) is 11.6 Å². The maximum Gasteiger partial charge on any atom is 0.282 e. The fraction of sp³-hybridized carbons (Fsp3) is 0.462. The minimum atomic E-state index is -0.674. The second kappa shape index (κ2) is 6.17. The average molecular weight is 301 g/mol. The molecule has 1 saturated carbocycles. The summed E-state index contributed by atoms with van der Waals surface area (Å²) in [7, 11) is 0. The number of alkyl halides is 1. The van der Waals surface area contributed by atoms with Crippen molar-refractivity contribution in [2.75, 3.05) is 12.4 Å². The van der Waals surface area contributed by atoms with Crippen LogP contribution in [0, 0.1) is 15.9 Å². The lowest BCUT2D eigenvalue weighted by Crippen LogP contribution is -2.45. The number of hydrogen-bond donors (Lipinski definition) is 0. The van der Waals surface area contributed by atoms with Gasteiger partial charge in [0.2, 0.25) is 0 Å². The highest BCUT2D eigenvalue weighted by atomic mass is 35.5. The van der Waals surface area contributed by atoms with E-state index < -0.39 is 16.6 Å². The van der Waals surface area contributed by atoms with Gasteiger partial charge in [-0.3, -0.25) is 14.9 Å². The van der Waals surface area contributed by atoms with Crippen LogP contribution in [0.4, 0.5) is 10.1 Å². The van der Waals surface area contributed by atoms with Crippen LogP contribution in [-0.4, -0.2) is 34.2 Å². The first-order chi connectivity index (χ1) is 9.54. The summed E-state index contributed by atoms with van der Waals surface area (Å²) in [5.41, 5.74) is -0.595. The molecule has 0 atom stereocenters. The van der Waals surface area contributed by atoms with Crippen LogP contribution >= 0.6 is 11.6 Å².